The minimum atomic E-state index is -0.525. The van der Waals surface area contributed by atoms with Crippen LogP contribution in [0.1, 0.15) is 102 Å². The molecule has 0 radical (unpaired) electrons. The molecule has 1 heterocycles. The molecule has 1 saturated heterocycles. The van der Waals surface area contributed by atoms with Gasteiger partial charge in [-0.15, -0.1) is 12.3 Å². The molecule has 0 bridgehead atoms. The Bertz CT molecular complexity index is 611. The normalized spacial score (nSPS) is 21.1. The first-order valence-corrected chi connectivity index (χ1v) is 12.8. The summed E-state index contributed by atoms with van der Waals surface area (Å²) in [5.74, 6) is 2.61. The van der Waals surface area contributed by atoms with Crippen LogP contribution in [0, 0.1) is 12.3 Å². The SMILES string of the molecule is C#CC[C@H](O)[C@H]1CC[C@H]([C@@H](O)CCCCCCCCCCCC)N1Cc1ccccc1. The highest BCUT2D eigenvalue weighted by atomic mass is 16.3. The molecule has 31 heavy (non-hydrogen) atoms. The Morgan fingerprint density at radius 3 is 2.00 bits per heavy atom. The van der Waals surface area contributed by atoms with Crippen LogP contribution < -0.4 is 0 Å². The van der Waals surface area contributed by atoms with Gasteiger partial charge in [-0.25, -0.2) is 0 Å². The van der Waals surface area contributed by atoms with E-state index in [1.165, 1.54) is 63.4 Å². The van der Waals surface area contributed by atoms with E-state index >= 15 is 0 Å². The summed E-state index contributed by atoms with van der Waals surface area (Å²) in [5, 5.41) is 21.6. The molecule has 174 valence electrons. The van der Waals surface area contributed by atoms with Gasteiger partial charge in [-0.1, -0.05) is 101 Å². The minimum Gasteiger partial charge on any atom is -0.391 e. The molecule has 1 aromatic rings. The molecule has 1 fully saturated rings. The van der Waals surface area contributed by atoms with Crippen LogP contribution in [-0.4, -0.2) is 39.4 Å². The summed E-state index contributed by atoms with van der Waals surface area (Å²) in [4.78, 5) is 2.32. The molecule has 0 aliphatic carbocycles. The zero-order valence-electron chi connectivity index (χ0n) is 19.7. The van der Waals surface area contributed by atoms with Crippen LogP contribution >= 0.6 is 0 Å². The molecule has 1 aliphatic heterocycles. The van der Waals surface area contributed by atoms with Crippen molar-refractivity contribution in [1.82, 2.24) is 4.90 Å². The summed E-state index contributed by atoms with van der Waals surface area (Å²) in [5.41, 5.74) is 1.22. The number of aliphatic hydroxyl groups is 2. The van der Waals surface area contributed by atoms with Gasteiger partial charge in [-0.2, -0.15) is 0 Å². The van der Waals surface area contributed by atoms with Gasteiger partial charge in [0, 0.05) is 25.0 Å². The Morgan fingerprint density at radius 1 is 0.871 bits per heavy atom. The Balaban J connectivity index is 1.76. The standard InChI is InChI=1S/C28H45NO2/c1-3-5-6-7-8-9-10-11-12-16-20-28(31)26-22-21-25(27(30)17-4-2)29(26)23-24-18-14-13-15-19-24/h2,13-15,18-19,25-28,30-31H,3,5-12,16-17,20-23H2,1H3/t25-,26-,27+,28+/m1/s1. The summed E-state index contributed by atoms with van der Waals surface area (Å²) in [6, 6.07) is 10.5. The molecule has 4 atom stereocenters. The third kappa shape index (κ3) is 9.36. The molecule has 0 saturated carbocycles. The maximum absolute atomic E-state index is 11.0. The molecule has 0 unspecified atom stereocenters. The number of likely N-dealkylation sites (tertiary alicyclic amines) is 1. The second kappa shape index (κ2) is 15.5. The van der Waals surface area contributed by atoms with Gasteiger partial charge in [0.1, 0.15) is 0 Å². The summed E-state index contributed by atoms with van der Waals surface area (Å²) in [6.45, 7) is 3.02. The van der Waals surface area contributed by atoms with Gasteiger partial charge >= 0.3 is 0 Å². The number of nitrogens with zero attached hydrogens (tertiary/aromatic N) is 1. The van der Waals surface area contributed by atoms with Crippen LogP contribution in [0.15, 0.2) is 30.3 Å². The molecule has 2 rings (SSSR count). The average Bonchev–Trinajstić information content (AvgIpc) is 3.19. The molecule has 1 aliphatic rings. The monoisotopic (exact) mass is 427 g/mol. The van der Waals surface area contributed by atoms with Gasteiger partial charge in [0.05, 0.1) is 12.2 Å². The van der Waals surface area contributed by atoms with Crippen LogP contribution in [0.3, 0.4) is 0 Å². The van der Waals surface area contributed by atoms with Crippen molar-refractivity contribution in [2.24, 2.45) is 0 Å². The summed E-state index contributed by atoms with van der Waals surface area (Å²) in [6.07, 6.45) is 20.8. The van der Waals surface area contributed by atoms with Crippen LogP contribution in [0.5, 0.6) is 0 Å². The predicted octanol–water partition coefficient (Wildman–Crippen LogP) is 6.08. The highest BCUT2D eigenvalue weighted by molar-refractivity contribution is 5.15. The third-order valence-electron chi connectivity index (χ3n) is 6.89. The highest BCUT2D eigenvalue weighted by Crippen LogP contribution is 2.32. The van der Waals surface area contributed by atoms with Crippen molar-refractivity contribution in [3.05, 3.63) is 35.9 Å². The van der Waals surface area contributed by atoms with Gasteiger partial charge in [0.2, 0.25) is 0 Å². The number of terminal acetylenes is 1. The molecule has 2 N–H and O–H groups in total. The zero-order chi connectivity index (χ0) is 22.3. The lowest BCUT2D eigenvalue weighted by Crippen LogP contribution is -2.46. The Labute approximate surface area is 191 Å². The van der Waals surface area contributed by atoms with Crippen molar-refractivity contribution >= 4 is 0 Å². The summed E-state index contributed by atoms with van der Waals surface area (Å²) < 4.78 is 0. The quantitative estimate of drug-likeness (QED) is 0.248. The van der Waals surface area contributed by atoms with E-state index in [4.69, 9.17) is 6.42 Å². The first-order chi connectivity index (χ1) is 15.2. The maximum atomic E-state index is 11.0. The molecular formula is C28H45NO2. The number of unbranched alkanes of at least 4 members (excludes halogenated alkanes) is 9. The van der Waals surface area contributed by atoms with E-state index in [-0.39, 0.29) is 18.2 Å². The Hall–Kier alpha value is -1.34. The van der Waals surface area contributed by atoms with Gasteiger partial charge in [-0.05, 0) is 24.8 Å². The van der Waals surface area contributed by atoms with Crippen molar-refractivity contribution < 1.29 is 10.2 Å². The maximum Gasteiger partial charge on any atom is 0.0804 e. The van der Waals surface area contributed by atoms with Gasteiger partial charge < -0.3 is 10.2 Å². The van der Waals surface area contributed by atoms with E-state index in [2.05, 4.69) is 29.9 Å². The molecule has 3 heteroatoms. The van der Waals surface area contributed by atoms with Crippen LogP contribution in [0.2, 0.25) is 0 Å². The molecule has 0 spiro atoms. The Morgan fingerprint density at radius 2 is 1.42 bits per heavy atom. The van der Waals surface area contributed by atoms with Crippen molar-refractivity contribution in [3.8, 4) is 12.3 Å². The highest BCUT2D eigenvalue weighted by Gasteiger charge is 2.40. The third-order valence-corrected chi connectivity index (χ3v) is 6.89. The predicted molar refractivity (Wildman–Crippen MR) is 131 cm³/mol. The lowest BCUT2D eigenvalue weighted by Gasteiger charge is -2.35. The fourth-order valence-corrected chi connectivity index (χ4v) is 5.06. The zero-order valence-corrected chi connectivity index (χ0v) is 19.7. The molecular weight excluding hydrogens is 382 g/mol. The number of benzene rings is 1. The smallest absolute Gasteiger partial charge is 0.0804 e. The van der Waals surface area contributed by atoms with Crippen LogP contribution in [0.25, 0.3) is 0 Å². The fourth-order valence-electron chi connectivity index (χ4n) is 5.06. The topological polar surface area (TPSA) is 43.7 Å². The molecule has 3 nitrogen and oxygen atoms in total. The van der Waals surface area contributed by atoms with E-state index in [9.17, 15) is 10.2 Å². The second-order valence-electron chi connectivity index (χ2n) is 9.38. The number of rotatable bonds is 16. The van der Waals surface area contributed by atoms with E-state index in [0.29, 0.717) is 6.42 Å². The van der Waals surface area contributed by atoms with Gasteiger partial charge in [-0.3, -0.25) is 4.90 Å². The second-order valence-corrected chi connectivity index (χ2v) is 9.38. The van der Waals surface area contributed by atoms with E-state index in [1.54, 1.807) is 0 Å². The molecule has 0 aromatic heterocycles. The average molecular weight is 428 g/mol. The van der Waals surface area contributed by atoms with Crippen molar-refractivity contribution in [2.45, 2.75) is 128 Å². The van der Waals surface area contributed by atoms with Gasteiger partial charge in [0.25, 0.3) is 0 Å². The van der Waals surface area contributed by atoms with Crippen molar-refractivity contribution in [3.63, 3.8) is 0 Å². The van der Waals surface area contributed by atoms with Crippen LogP contribution in [-0.2, 0) is 6.54 Å². The lowest BCUT2D eigenvalue weighted by molar-refractivity contribution is 0.00809. The summed E-state index contributed by atoms with van der Waals surface area (Å²) >= 11 is 0. The van der Waals surface area contributed by atoms with Crippen LogP contribution in [0.4, 0.5) is 0 Å². The molecule has 1 aromatic carbocycles. The fraction of sp³-hybridized carbons (Fsp3) is 0.714. The van der Waals surface area contributed by atoms with Crippen molar-refractivity contribution in [2.75, 3.05) is 0 Å². The van der Waals surface area contributed by atoms with E-state index in [1.807, 2.05) is 18.2 Å². The number of hydrogen-bond donors (Lipinski definition) is 2. The number of aliphatic hydroxyl groups excluding tert-OH is 2. The number of hydrogen-bond acceptors (Lipinski definition) is 3. The summed E-state index contributed by atoms with van der Waals surface area (Å²) in [7, 11) is 0. The minimum absolute atomic E-state index is 0.0311. The van der Waals surface area contributed by atoms with Gasteiger partial charge in [0.15, 0.2) is 0 Å². The van der Waals surface area contributed by atoms with E-state index in [0.717, 1.165) is 32.2 Å². The van der Waals surface area contributed by atoms with Crippen molar-refractivity contribution in [1.29, 1.82) is 0 Å². The first kappa shape index (κ1) is 25.9. The first-order valence-electron chi connectivity index (χ1n) is 12.8. The Kier molecular flexibility index (Phi) is 12.9. The largest absolute Gasteiger partial charge is 0.391 e. The lowest BCUT2D eigenvalue weighted by atomic mass is 10.00. The van der Waals surface area contributed by atoms with E-state index < -0.39 is 6.10 Å². The molecule has 0 amide bonds.